The average Bonchev–Trinajstić information content (AvgIpc) is 3.02. The van der Waals surface area contributed by atoms with E-state index in [0.717, 1.165) is 35.1 Å². The summed E-state index contributed by atoms with van der Waals surface area (Å²) in [5.41, 5.74) is 11.5. The highest BCUT2D eigenvalue weighted by molar-refractivity contribution is 5.49. The zero-order valence-electron chi connectivity index (χ0n) is 24.0. The van der Waals surface area contributed by atoms with Crippen molar-refractivity contribution in [2.24, 2.45) is 0 Å². The van der Waals surface area contributed by atoms with Crippen molar-refractivity contribution in [3.63, 3.8) is 0 Å². The number of hydrogen-bond acceptors (Lipinski definition) is 0. The Morgan fingerprint density at radius 2 is 0.524 bits per heavy atom. The summed E-state index contributed by atoms with van der Waals surface area (Å²) in [5.74, 6) is 24.3. The van der Waals surface area contributed by atoms with Gasteiger partial charge in [0.15, 0.2) is 0 Å². The van der Waals surface area contributed by atoms with Crippen molar-refractivity contribution in [2.75, 3.05) is 0 Å². The second-order valence-electron chi connectivity index (χ2n) is 10.3. The van der Waals surface area contributed by atoms with Crippen molar-refractivity contribution in [2.45, 2.75) is 26.7 Å². The number of benzene rings is 5. The first-order chi connectivity index (χ1) is 20.6. The number of hydrogen-bond donors (Lipinski definition) is 0. The molecule has 0 spiro atoms. The Labute approximate surface area is 250 Å². The molecule has 0 fully saturated rings. The van der Waals surface area contributed by atoms with Gasteiger partial charge in [-0.05, 0) is 121 Å². The molecule has 5 aromatic rings. The Bertz CT molecular complexity index is 1740. The molecule has 0 atom stereocenters. The molecular formula is C42H30. The van der Waals surface area contributed by atoms with Crippen LogP contribution in [-0.4, -0.2) is 0 Å². The summed E-state index contributed by atoms with van der Waals surface area (Å²) < 4.78 is 0. The van der Waals surface area contributed by atoms with Crippen LogP contribution in [0.15, 0.2) is 121 Å². The number of rotatable bonds is 4. The minimum atomic E-state index is 0.903. The van der Waals surface area contributed by atoms with Gasteiger partial charge in [-0.3, -0.25) is 0 Å². The van der Waals surface area contributed by atoms with Gasteiger partial charge in [0.25, 0.3) is 0 Å². The Morgan fingerprint density at radius 3 is 0.786 bits per heavy atom. The summed E-state index contributed by atoms with van der Waals surface area (Å²) in [4.78, 5) is 0. The third kappa shape index (κ3) is 8.67. The summed E-state index contributed by atoms with van der Waals surface area (Å²) in [6.07, 6.45) is 1.84. The topological polar surface area (TPSA) is 0 Å². The molecule has 0 amide bonds. The van der Waals surface area contributed by atoms with Crippen LogP contribution in [-0.2, 0) is 12.8 Å². The molecule has 0 unspecified atom stereocenters. The van der Waals surface area contributed by atoms with Gasteiger partial charge in [-0.2, -0.15) is 0 Å². The standard InChI is InChI=1S/C42H30/c1-33-11-15-39(16-12-33)31-41-27-23-37(24-28-41)9-5-3-7-35-19-21-36(22-20-35)8-4-6-10-38-25-29-42(30-26-38)32-40-17-13-34(2)14-18-40/h11-30H,31-32H2,1-2H3. The lowest BCUT2D eigenvalue weighted by Crippen LogP contribution is -1.88. The lowest BCUT2D eigenvalue weighted by molar-refractivity contribution is 1.18. The van der Waals surface area contributed by atoms with Gasteiger partial charge in [0.05, 0.1) is 0 Å². The monoisotopic (exact) mass is 534 g/mol. The van der Waals surface area contributed by atoms with Crippen LogP contribution in [0, 0.1) is 61.2 Å². The largest absolute Gasteiger partial charge is 0.0590 e. The smallest absolute Gasteiger partial charge is 0.0256 e. The third-order valence-electron chi connectivity index (χ3n) is 6.80. The summed E-state index contributed by atoms with van der Waals surface area (Å²) in [6.45, 7) is 4.22. The van der Waals surface area contributed by atoms with Crippen molar-refractivity contribution in [1.82, 2.24) is 0 Å². The zero-order valence-corrected chi connectivity index (χ0v) is 24.0. The van der Waals surface area contributed by atoms with Crippen LogP contribution in [0.3, 0.4) is 0 Å². The van der Waals surface area contributed by atoms with E-state index in [1.54, 1.807) is 0 Å². The molecule has 0 nitrogen and oxygen atoms in total. The van der Waals surface area contributed by atoms with Gasteiger partial charge in [-0.15, -0.1) is 0 Å². The van der Waals surface area contributed by atoms with Crippen LogP contribution in [0.1, 0.15) is 55.6 Å². The summed E-state index contributed by atoms with van der Waals surface area (Å²) in [5, 5.41) is 0. The predicted octanol–water partition coefficient (Wildman–Crippen LogP) is 8.29. The van der Waals surface area contributed by atoms with Gasteiger partial charge in [0, 0.05) is 22.3 Å². The zero-order chi connectivity index (χ0) is 29.0. The molecular weight excluding hydrogens is 504 g/mol. The van der Waals surface area contributed by atoms with E-state index in [0.29, 0.717) is 0 Å². The van der Waals surface area contributed by atoms with E-state index in [-0.39, 0.29) is 0 Å². The average molecular weight is 535 g/mol. The Balaban J connectivity index is 1.11. The van der Waals surface area contributed by atoms with Gasteiger partial charge < -0.3 is 0 Å². The number of aryl methyl sites for hydroxylation is 2. The molecule has 42 heavy (non-hydrogen) atoms. The normalized spacial score (nSPS) is 9.57. The molecule has 0 N–H and O–H groups in total. The van der Waals surface area contributed by atoms with Crippen LogP contribution < -0.4 is 0 Å². The molecule has 0 aliphatic rings. The maximum absolute atomic E-state index is 3.13. The minimum Gasteiger partial charge on any atom is -0.0590 e. The van der Waals surface area contributed by atoms with Crippen molar-refractivity contribution >= 4 is 0 Å². The molecule has 0 heteroatoms. The second kappa shape index (κ2) is 14.1. The van der Waals surface area contributed by atoms with Gasteiger partial charge in [-0.25, -0.2) is 0 Å². The highest BCUT2D eigenvalue weighted by Gasteiger charge is 1.98. The van der Waals surface area contributed by atoms with Gasteiger partial charge in [0.2, 0.25) is 0 Å². The van der Waals surface area contributed by atoms with Crippen LogP contribution in [0.5, 0.6) is 0 Å². The van der Waals surface area contributed by atoms with E-state index >= 15 is 0 Å². The third-order valence-corrected chi connectivity index (χ3v) is 6.80. The van der Waals surface area contributed by atoms with Crippen molar-refractivity contribution in [3.05, 3.63) is 177 Å². The Hall–Kier alpha value is -5.66. The fourth-order valence-electron chi connectivity index (χ4n) is 4.35. The lowest BCUT2D eigenvalue weighted by atomic mass is 10.0. The van der Waals surface area contributed by atoms with Crippen LogP contribution in [0.25, 0.3) is 0 Å². The highest BCUT2D eigenvalue weighted by Crippen LogP contribution is 2.13. The first-order valence-corrected chi connectivity index (χ1v) is 14.0. The van der Waals surface area contributed by atoms with Crippen LogP contribution >= 0.6 is 0 Å². The molecule has 5 rings (SSSR count). The Morgan fingerprint density at radius 1 is 0.310 bits per heavy atom. The maximum Gasteiger partial charge on any atom is 0.0256 e. The summed E-state index contributed by atoms with van der Waals surface area (Å²) in [6, 6.07) is 41.9. The highest BCUT2D eigenvalue weighted by atomic mass is 14.0. The van der Waals surface area contributed by atoms with Crippen molar-refractivity contribution in [3.8, 4) is 47.4 Å². The molecule has 0 aliphatic carbocycles. The van der Waals surface area contributed by atoms with Crippen molar-refractivity contribution < 1.29 is 0 Å². The van der Waals surface area contributed by atoms with E-state index in [4.69, 9.17) is 0 Å². The Kier molecular flexibility index (Phi) is 9.37. The van der Waals surface area contributed by atoms with Crippen LogP contribution in [0.4, 0.5) is 0 Å². The minimum absolute atomic E-state index is 0.903. The molecule has 5 aromatic carbocycles. The SMILES string of the molecule is Cc1ccc(Cc2ccc(C#CC#Cc3ccc(C#CC#Cc4ccc(Cc5ccc(C)cc5)cc4)cc3)cc2)cc1. The van der Waals surface area contributed by atoms with E-state index < -0.39 is 0 Å². The van der Waals surface area contributed by atoms with Gasteiger partial charge in [-0.1, -0.05) is 108 Å². The van der Waals surface area contributed by atoms with E-state index in [1.807, 2.05) is 24.3 Å². The molecule has 198 valence electrons. The molecule has 0 saturated carbocycles. The molecule has 0 heterocycles. The van der Waals surface area contributed by atoms with Gasteiger partial charge in [0.1, 0.15) is 0 Å². The quantitative estimate of drug-likeness (QED) is 0.204. The van der Waals surface area contributed by atoms with E-state index in [2.05, 4.69) is 158 Å². The molecule has 0 aromatic heterocycles. The molecule has 0 aliphatic heterocycles. The summed E-state index contributed by atoms with van der Waals surface area (Å²) >= 11 is 0. The van der Waals surface area contributed by atoms with Crippen LogP contribution in [0.2, 0.25) is 0 Å². The fraction of sp³-hybridized carbons (Fsp3) is 0.0952. The predicted molar refractivity (Wildman–Crippen MR) is 175 cm³/mol. The molecule has 0 bridgehead atoms. The van der Waals surface area contributed by atoms with E-state index in [1.165, 1.54) is 33.4 Å². The molecule has 0 saturated heterocycles. The maximum atomic E-state index is 3.13. The first kappa shape index (κ1) is 27.9. The lowest BCUT2D eigenvalue weighted by Gasteiger charge is -2.02. The first-order valence-electron chi connectivity index (χ1n) is 14.0. The fourth-order valence-corrected chi connectivity index (χ4v) is 4.35. The second-order valence-corrected chi connectivity index (χ2v) is 10.3. The molecule has 0 radical (unpaired) electrons. The van der Waals surface area contributed by atoms with Crippen molar-refractivity contribution in [1.29, 1.82) is 0 Å². The van der Waals surface area contributed by atoms with E-state index in [9.17, 15) is 0 Å². The van der Waals surface area contributed by atoms with Gasteiger partial charge >= 0.3 is 0 Å². The summed E-state index contributed by atoms with van der Waals surface area (Å²) in [7, 11) is 0.